The molecule has 2 aromatic heterocycles. The minimum Gasteiger partial charge on any atom is -0.352 e. The van der Waals surface area contributed by atoms with E-state index < -0.39 is 30.1 Å². The summed E-state index contributed by atoms with van der Waals surface area (Å²) in [6, 6.07) is 2.35. The van der Waals surface area contributed by atoms with Gasteiger partial charge in [-0.3, -0.25) is 4.79 Å². The number of nitrogens with zero attached hydrogens (tertiary/aromatic N) is 6. The fourth-order valence-electron chi connectivity index (χ4n) is 3.29. The molecule has 1 fully saturated rings. The lowest BCUT2D eigenvalue weighted by Crippen LogP contribution is -2.47. The molecule has 1 N–H and O–H groups in total. The molecule has 0 radical (unpaired) electrons. The number of likely N-dealkylation sites (tertiary alicyclic amines) is 1. The quantitative estimate of drug-likeness (QED) is 0.660. The zero-order valence-electron chi connectivity index (χ0n) is 15.3. The first-order chi connectivity index (χ1) is 14.4. The predicted molar refractivity (Wildman–Crippen MR) is 101 cm³/mol. The molecule has 8 nitrogen and oxygen atoms in total. The van der Waals surface area contributed by atoms with Crippen molar-refractivity contribution in [3.63, 3.8) is 0 Å². The van der Waals surface area contributed by atoms with Crippen molar-refractivity contribution in [2.45, 2.75) is 18.4 Å². The fraction of sp³-hybridized carbons (Fsp3) is 0.278. The van der Waals surface area contributed by atoms with E-state index in [1.165, 1.54) is 36.9 Å². The molecule has 0 spiro atoms. The summed E-state index contributed by atoms with van der Waals surface area (Å²) in [7, 11) is 0. The maximum atomic E-state index is 14.6. The van der Waals surface area contributed by atoms with Gasteiger partial charge in [-0.25, -0.2) is 23.1 Å². The van der Waals surface area contributed by atoms with Crippen molar-refractivity contribution in [2.24, 2.45) is 0 Å². The summed E-state index contributed by atoms with van der Waals surface area (Å²) in [6.45, 7) is -0.493. The molecule has 3 heterocycles. The Morgan fingerprint density at radius 2 is 1.93 bits per heavy atom. The molecular weight excluding hydrogens is 423 g/mol. The molecule has 12 heteroatoms. The highest BCUT2D eigenvalue weighted by atomic mass is 35.5. The van der Waals surface area contributed by atoms with Gasteiger partial charge in [-0.1, -0.05) is 17.7 Å². The second-order valence-electron chi connectivity index (χ2n) is 6.59. The van der Waals surface area contributed by atoms with Gasteiger partial charge < -0.3 is 10.2 Å². The van der Waals surface area contributed by atoms with Crippen molar-refractivity contribution in [3.05, 3.63) is 59.4 Å². The summed E-state index contributed by atoms with van der Waals surface area (Å²) in [5.41, 5.74) is -0.313. The number of rotatable bonds is 5. The molecular formula is C18H15ClF3N7O. The number of carbonyl (C=O) groups is 1. The van der Waals surface area contributed by atoms with Gasteiger partial charge in [0.15, 0.2) is 5.82 Å². The maximum absolute atomic E-state index is 14.6. The Morgan fingerprint density at radius 1 is 1.23 bits per heavy atom. The molecule has 1 aliphatic heterocycles. The molecule has 0 saturated carbocycles. The van der Waals surface area contributed by atoms with E-state index in [4.69, 9.17) is 11.6 Å². The molecule has 0 aliphatic carbocycles. The first-order valence-corrected chi connectivity index (χ1v) is 9.30. The molecule has 30 heavy (non-hydrogen) atoms. The van der Waals surface area contributed by atoms with E-state index in [9.17, 15) is 18.0 Å². The van der Waals surface area contributed by atoms with Crippen molar-refractivity contribution >= 4 is 23.5 Å². The highest BCUT2D eigenvalue weighted by Crippen LogP contribution is 2.35. The summed E-state index contributed by atoms with van der Waals surface area (Å²) in [6.07, 6.45) is 4.77. The zero-order chi connectivity index (χ0) is 21.3. The lowest BCUT2D eigenvalue weighted by molar-refractivity contribution is -0.0249. The number of hydrogen-bond donors (Lipinski definition) is 1. The van der Waals surface area contributed by atoms with E-state index in [-0.39, 0.29) is 30.3 Å². The van der Waals surface area contributed by atoms with E-state index in [1.54, 1.807) is 0 Å². The van der Waals surface area contributed by atoms with Crippen LogP contribution < -0.4 is 5.32 Å². The number of halogens is 4. The Balaban J connectivity index is 1.61. The summed E-state index contributed by atoms with van der Waals surface area (Å²) < 4.78 is 43.6. The predicted octanol–water partition coefficient (Wildman–Crippen LogP) is 2.81. The summed E-state index contributed by atoms with van der Waals surface area (Å²) in [5, 5.41) is 10.7. The fourth-order valence-corrected chi connectivity index (χ4v) is 3.39. The number of benzene rings is 1. The molecule has 1 saturated heterocycles. The third kappa shape index (κ3) is 3.80. The van der Waals surface area contributed by atoms with Crippen molar-refractivity contribution in [1.29, 1.82) is 0 Å². The van der Waals surface area contributed by atoms with Crippen molar-refractivity contribution in [1.82, 2.24) is 29.9 Å². The highest BCUT2D eigenvalue weighted by molar-refractivity contribution is 6.30. The summed E-state index contributed by atoms with van der Waals surface area (Å²) >= 11 is 5.72. The number of aromatic nitrogens is 5. The number of nitrogens with one attached hydrogen (secondary N) is 1. The summed E-state index contributed by atoms with van der Waals surface area (Å²) in [4.78, 5) is 22.9. The second kappa shape index (κ2) is 7.90. The average Bonchev–Trinajstić information content (AvgIpc) is 3.34. The van der Waals surface area contributed by atoms with Gasteiger partial charge in [-0.05, 0) is 12.1 Å². The Morgan fingerprint density at radius 3 is 2.63 bits per heavy atom. The normalized spacial score (nSPS) is 17.9. The second-order valence-corrected chi connectivity index (χ2v) is 7.02. The average molecular weight is 438 g/mol. The number of anilines is 1. The van der Waals surface area contributed by atoms with Gasteiger partial charge >= 0.3 is 0 Å². The van der Waals surface area contributed by atoms with Gasteiger partial charge in [0.05, 0.1) is 35.4 Å². The monoisotopic (exact) mass is 437 g/mol. The van der Waals surface area contributed by atoms with Crippen LogP contribution >= 0.6 is 11.6 Å². The van der Waals surface area contributed by atoms with Gasteiger partial charge in [-0.2, -0.15) is 10.2 Å². The van der Waals surface area contributed by atoms with E-state index in [2.05, 4.69) is 25.5 Å². The van der Waals surface area contributed by atoms with Gasteiger partial charge in [-0.15, -0.1) is 4.80 Å². The lowest BCUT2D eigenvalue weighted by Gasteiger charge is -2.28. The van der Waals surface area contributed by atoms with E-state index >= 15 is 0 Å². The molecule has 1 aromatic carbocycles. The van der Waals surface area contributed by atoms with Crippen LogP contribution in [0.4, 0.5) is 19.1 Å². The van der Waals surface area contributed by atoms with Gasteiger partial charge in [0.25, 0.3) is 11.8 Å². The molecule has 1 aliphatic rings. The van der Waals surface area contributed by atoms with Crippen LogP contribution in [-0.2, 0) is 0 Å². The first kappa shape index (κ1) is 20.1. The van der Waals surface area contributed by atoms with Gasteiger partial charge in [0.2, 0.25) is 5.95 Å². The number of hydrogen-bond acceptors (Lipinski definition) is 6. The lowest BCUT2D eigenvalue weighted by atomic mass is 10.1. The van der Waals surface area contributed by atoms with Crippen LogP contribution in [0.2, 0.25) is 5.02 Å². The molecule has 3 aromatic rings. The Kier molecular flexibility index (Phi) is 5.29. The molecule has 0 unspecified atom stereocenters. The van der Waals surface area contributed by atoms with E-state index in [0.717, 1.165) is 15.8 Å². The van der Waals surface area contributed by atoms with E-state index in [1.807, 2.05) is 0 Å². The van der Waals surface area contributed by atoms with Crippen LogP contribution in [0, 0.1) is 5.82 Å². The zero-order valence-corrected chi connectivity index (χ0v) is 16.1. The summed E-state index contributed by atoms with van der Waals surface area (Å²) in [5.74, 6) is -4.54. The first-order valence-electron chi connectivity index (χ1n) is 8.92. The number of alkyl halides is 2. The van der Waals surface area contributed by atoms with Crippen molar-refractivity contribution in [3.8, 4) is 5.69 Å². The van der Waals surface area contributed by atoms with Gasteiger partial charge in [0, 0.05) is 19.5 Å². The van der Waals surface area contributed by atoms with Crippen LogP contribution in [-0.4, -0.2) is 60.8 Å². The van der Waals surface area contributed by atoms with E-state index in [0.29, 0.717) is 5.02 Å². The number of carbonyl (C=O) groups excluding carboxylic acids is 1. The molecule has 1 amide bonds. The molecule has 1 atom stereocenters. The van der Waals surface area contributed by atoms with Crippen LogP contribution in [0.25, 0.3) is 5.69 Å². The van der Waals surface area contributed by atoms with Crippen LogP contribution in [0.3, 0.4) is 0 Å². The van der Waals surface area contributed by atoms with Crippen LogP contribution in [0.15, 0.2) is 43.0 Å². The largest absolute Gasteiger partial charge is 0.352 e. The maximum Gasteiger partial charge on any atom is 0.271 e. The Labute approximate surface area is 173 Å². The number of amides is 1. The SMILES string of the molecule is O=C(c1cccc(F)c1-n1nccn1)N1CCC(F)(F)[C@H]1CNc1ncc(Cl)cn1. The molecule has 156 valence electrons. The Hall–Kier alpha value is -3.21. The van der Waals surface area contributed by atoms with Gasteiger partial charge in [0.1, 0.15) is 11.7 Å². The Bertz CT molecular complexity index is 1050. The van der Waals surface area contributed by atoms with Crippen LogP contribution in [0.5, 0.6) is 0 Å². The van der Waals surface area contributed by atoms with Crippen molar-refractivity contribution in [2.75, 3.05) is 18.4 Å². The third-order valence-corrected chi connectivity index (χ3v) is 4.92. The molecule has 4 rings (SSSR count). The van der Waals surface area contributed by atoms with Crippen LogP contribution in [0.1, 0.15) is 16.8 Å². The minimum atomic E-state index is -3.15. The topological polar surface area (TPSA) is 88.8 Å². The highest BCUT2D eigenvalue weighted by Gasteiger charge is 2.51. The van der Waals surface area contributed by atoms with Crippen molar-refractivity contribution < 1.29 is 18.0 Å². The smallest absolute Gasteiger partial charge is 0.271 e. The third-order valence-electron chi connectivity index (χ3n) is 4.72. The number of para-hydroxylation sites is 1. The standard InChI is InChI=1S/C18H15ClF3N7O/c19-11-8-23-17(24-9-11)25-10-14-18(21,22)4-7-28(14)16(30)12-2-1-3-13(20)15(12)29-26-5-6-27-29/h1-3,5-6,8-9,14H,4,7,10H2,(H,23,24,25)/t14-/m1/s1. The minimum absolute atomic E-state index is 0.0988. The molecule has 0 bridgehead atoms.